The molecule has 0 aliphatic heterocycles. The van der Waals surface area contributed by atoms with E-state index >= 15 is 0 Å². The van der Waals surface area contributed by atoms with Gasteiger partial charge in [-0.1, -0.05) is 5.16 Å². The van der Waals surface area contributed by atoms with Crippen LogP contribution in [0.5, 0.6) is 5.75 Å². The predicted octanol–water partition coefficient (Wildman–Crippen LogP) is 4.13. The molecule has 2 aromatic heterocycles. The number of hydrazone groups is 1. The molecular weight excluding hydrogens is 439 g/mol. The van der Waals surface area contributed by atoms with Crippen molar-refractivity contribution < 1.29 is 22.4 Å². The molecule has 0 bridgehead atoms. The van der Waals surface area contributed by atoms with E-state index in [4.69, 9.17) is 4.52 Å². The van der Waals surface area contributed by atoms with Gasteiger partial charge < -0.3 is 14.2 Å². The van der Waals surface area contributed by atoms with Gasteiger partial charge in [-0.3, -0.25) is 4.99 Å². The lowest BCUT2D eigenvalue weighted by Gasteiger charge is -2.19. The Labute approximate surface area is 188 Å². The highest BCUT2D eigenvalue weighted by atomic mass is 19.4. The molecule has 174 valence electrons. The normalized spacial score (nSPS) is 11.9. The van der Waals surface area contributed by atoms with E-state index in [0.29, 0.717) is 17.9 Å². The van der Waals surface area contributed by atoms with Crippen molar-refractivity contribution in [3.63, 3.8) is 0 Å². The minimum atomic E-state index is -4.75. The first-order valence-electron chi connectivity index (χ1n) is 9.71. The van der Waals surface area contributed by atoms with Gasteiger partial charge in [0.2, 0.25) is 11.7 Å². The summed E-state index contributed by atoms with van der Waals surface area (Å²) < 4.78 is 45.9. The molecule has 3 aromatic rings. The SMILES string of the molecule is C=NN(Cc1ccnc(N(C)C)c1)/C(C)=N\Cc1nc(-c2ccc(OC(F)(F)F)cc2)no1. The summed E-state index contributed by atoms with van der Waals surface area (Å²) >= 11 is 0. The smallest absolute Gasteiger partial charge is 0.406 e. The number of aliphatic imine (C=N–C) groups is 1. The summed E-state index contributed by atoms with van der Waals surface area (Å²) in [6.07, 6.45) is -3.03. The highest BCUT2D eigenvalue weighted by Gasteiger charge is 2.31. The number of alkyl halides is 3. The molecule has 0 saturated heterocycles. The second-order valence-electron chi connectivity index (χ2n) is 7.06. The molecule has 33 heavy (non-hydrogen) atoms. The van der Waals surface area contributed by atoms with Crippen molar-refractivity contribution in [2.45, 2.75) is 26.4 Å². The number of nitrogens with zero attached hydrogens (tertiary/aromatic N) is 7. The molecule has 12 heteroatoms. The van der Waals surface area contributed by atoms with Crippen LogP contribution in [0.3, 0.4) is 0 Å². The number of benzene rings is 1. The molecule has 0 radical (unpaired) electrons. The Kier molecular flexibility index (Phi) is 7.26. The minimum Gasteiger partial charge on any atom is -0.406 e. The maximum absolute atomic E-state index is 12.3. The lowest BCUT2D eigenvalue weighted by Crippen LogP contribution is -2.23. The van der Waals surface area contributed by atoms with Crippen LogP contribution in [-0.2, 0) is 13.1 Å². The van der Waals surface area contributed by atoms with E-state index < -0.39 is 6.36 Å². The van der Waals surface area contributed by atoms with Crippen LogP contribution in [0.2, 0.25) is 0 Å². The number of hydrogen-bond donors (Lipinski definition) is 0. The van der Waals surface area contributed by atoms with Crippen molar-refractivity contribution >= 4 is 18.4 Å². The first kappa shape index (κ1) is 23.7. The quantitative estimate of drug-likeness (QED) is 0.283. The zero-order chi connectivity index (χ0) is 24.0. The molecule has 0 N–H and O–H groups in total. The van der Waals surface area contributed by atoms with Crippen LogP contribution in [0.15, 0.2) is 57.2 Å². The largest absolute Gasteiger partial charge is 0.573 e. The van der Waals surface area contributed by atoms with Crippen LogP contribution in [0.1, 0.15) is 18.4 Å². The molecule has 0 amide bonds. The van der Waals surface area contributed by atoms with Gasteiger partial charge in [0.05, 0.1) is 6.54 Å². The third-order valence-electron chi connectivity index (χ3n) is 4.40. The molecule has 3 rings (SSSR count). The average molecular weight is 461 g/mol. The van der Waals surface area contributed by atoms with Gasteiger partial charge in [-0.05, 0) is 48.9 Å². The molecule has 0 aliphatic carbocycles. The third-order valence-corrected chi connectivity index (χ3v) is 4.40. The van der Waals surface area contributed by atoms with Crippen LogP contribution in [-0.4, -0.2) is 53.1 Å². The Hall–Kier alpha value is -3.96. The molecule has 0 atom stereocenters. The average Bonchev–Trinajstić information content (AvgIpc) is 3.24. The fourth-order valence-electron chi connectivity index (χ4n) is 2.75. The van der Waals surface area contributed by atoms with Crippen molar-refractivity contribution in [2.75, 3.05) is 19.0 Å². The van der Waals surface area contributed by atoms with E-state index in [9.17, 15) is 13.2 Å². The van der Waals surface area contributed by atoms with E-state index in [1.54, 1.807) is 18.1 Å². The van der Waals surface area contributed by atoms with Crippen molar-refractivity contribution in [1.29, 1.82) is 0 Å². The summed E-state index contributed by atoms with van der Waals surface area (Å²) in [7, 11) is 3.82. The zero-order valence-corrected chi connectivity index (χ0v) is 18.2. The van der Waals surface area contributed by atoms with Crippen LogP contribution in [0, 0.1) is 0 Å². The van der Waals surface area contributed by atoms with Gasteiger partial charge in [0.15, 0.2) is 0 Å². The molecule has 0 spiro atoms. The van der Waals surface area contributed by atoms with Crippen LogP contribution in [0.25, 0.3) is 11.4 Å². The molecule has 1 aromatic carbocycles. The summed E-state index contributed by atoms with van der Waals surface area (Å²) in [5.74, 6) is 1.54. The molecule has 0 aliphatic rings. The number of amidine groups is 1. The summed E-state index contributed by atoms with van der Waals surface area (Å²) in [6.45, 7) is 5.92. The maximum atomic E-state index is 12.3. The Morgan fingerprint density at radius 3 is 2.55 bits per heavy atom. The van der Waals surface area contributed by atoms with Gasteiger partial charge in [0.1, 0.15) is 23.9 Å². The number of aromatic nitrogens is 3. The number of ether oxygens (including phenoxy) is 1. The summed E-state index contributed by atoms with van der Waals surface area (Å²) in [6, 6.07) is 8.99. The molecule has 0 saturated carbocycles. The van der Waals surface area contributed by atoms with Gasteiger partial charge in [-0.15, -0.1) is 13.2 Å². The molecule has 9 nitrogen and oxygen atoms in total. The van der Waals surface area contributed by atoms with Gasteiger partial charge in [0.25, 0.3) is 0 Å². The van der Waals surface area contributed by atoms with Gasteiger partial charge in [0, 0.05) is 32.6 Å². The number of hydrogen-bond acceptors (Lipinski definition) is 8. The first-order chi connectivity index (χ1) is 15.6. The standard InChI is InChI=1S/C21H22F3N7O2/c1-14(31(25-2)13-15-9-10-26-18(11-15)30(3)4)27-12-19-28-20(29-33-19)16-5-7-17(8-6-16)32-21(22,23)24/h5-11H,2,12-13H2,1,3-4H3/b27-14-. The van der Waals surface area contributed by atoms with E-state index in [-0.39, 0.29) is 24.0 Å². The number of halogens is 3. The van der Waals surface area contributed by atoms with E-state index in [0.717, 1.165) is 11.4 Å². The fraction of sp³-hybridized carbons (Fsp3) is 0.286. The minimum absolute atomic E-state index is 0.0966. The first-order valence-corrected chi connectivity index (χ1v) is 9.71. The van der Waals surface area contributed by atoms with Gasteiger partial charge >= 0.3 is 6.36 Å². The number of pyridine rings is 1. The van der Waals surface area contributed by atoms with E-state index in [2.05, 4.69) is 36.7 Å². The van der Waals surface area contributed by atoms with E-state index in [1.807, 2.05) is 31.1 Å². The lowest BCUT2D eigenvalue weighted by molar-refractivity contribution is -0.274. The van der Waals surface area contributed by atoms with Crippen LogP contribution in [0.4, 0.5) is 19.0 Å². The fourth-order valence-corrected chi connectivity index (χ4v) is 2.75. The van der Waals surface area contributed by atoms with E-state index in [1.165, 1.54) is 24.3 Å². The van der Waals surface area contributed by atoms with Crippen LogP contribution >= 0.6 is 0 Å². The second kappa shape index (κ2) is 10.1. The van der Waals surface area contributed by atoms with Crippen molar-refractivity contribution in [1.82, 2.24) is 20.1 Å². The maximum Gasteiger partial charge on any atom is 0.573 e. The summed E-state index contributed by atoms with van der Waals surface area (Å²) in [5.41, 5.74) is 1.46. The number of anilines is 1. The monoisotopic (exact) mass is 461 g/mol. The van der Waals surface area contributed by atoms with Crippen molar-refractivity contribution in [3.05, 3.63) is 54.0 Å². The highest BCUT2D eigenvalue weighted by molar-refractivity contribution is 5.79. The molecule has 0 fully saturated rings. The lowest BCUT2D eigenvalue weighted by atomic mass is 10.2. The Balaban J connectivity index is 1.64. The predicted molar refractivity (Wildman–Crippen MR) is 117 cm³/mol. The zero-order valence-electron chi connectivity index (χ0n) is 18.2. The van der Waals surface area contributed by atoms with Crippen LogP contribution < -0.4 is 9.64 Å². The topological polar surface area (TPSA) is 92.2 Å². The Morgan fingerprint density at radius 2 is 1.91 bits per heavy atom. The molecule has 0 unspecified atom stereocenters. The van der Waals surface area contributed by atoms with Crippen molar-refractivity contribution in [2.24, 2.45) is 10.1 Å². The third kappa shape index (κ3) is 6.76. The van der Waals surface area contributed by atoms with Gasteiger partial charge in [-0.2, -0.15) is 10.1 Å². The summed E-state index contributed by atoms with van der Waals surface area (Å²) in [4.78, 5) is 14.8. The number of rotatable bonds is 8. The summed E-state index contributed by atoms with van der Waals surface area (Å²) in [5, 5.41) is 9.49. The molecule has 2 heterocycles. The van der Waals surface area contributed by atoms with Gasteiger partial charge in [-0.25, -0.2) is 9.99 Å². The Bertz CT molecular complexity index is 1110. The molecular formula is C21H22F3N7O2. The van der Waals surface area contributed by atoms with Crippen molar-refractivity contribution in [3.8, 4) is 17.1 Å². The Morgan fingerprint density at radius 1 is 1.18 bits per heavy atom. The second-order valence-corrected chi connectivity index (χ2v) is 7.06. The highest BCUT2D eigenvalue weighted by Crippen LogP contribution is 2.25.